The predicted octanol–water partition coefficient (Wildman–Crippen LogP) is 2.25. The third-order valence-electron chi connectivity index (χ3n) is 1.59. The van der Waals surface area contributed by atoms with Crippen molar-refractivity contribution in [2.75, 3.05) is 0 Å². The number of rotatable bonds is 4. The molecule has 0 saturated heterocycles. The zero-order valence-electron chi connectivity index (χ0n) is 6.49. The Bertz CT molecular complexity index is 203. The Balaban J connectivity index is 2.42. The van der Waals surface area contributed by atoms with Crippen LogP contribution in [0, 0.1) is 0 Å². The molecular formula is C9H13NO. The van der Waals surface area contributed by atoms with Gasteiger partial charge in [0.15, 0.2) is 0 Å². The summed E-state index contributed by atoms with van der Waals surface area (Å²) in [5, 5.41) is 0. The maximum Gasteiger partial charge on any atom is 0.120 e. The molecule has 1 aromatic heterocycles. The van der Waals surface area contributed by atoms with Crippen LogP contribution in [-0.4, -0.2) is 0 Å². The highest BCUT2D eigenvalue weighted by atomic mass is 16.3. The summed E-state index contributed by atoms with van der Waals surface area (Å²) in [4.78, 5) is 0. The van der Waals surface area contributed by atoms with Gasteiger partial charge in [0, 0.05) is 0 Å². The third-order valence-corrected chi connectivity index (χ3v) is 1.59. The van der Waals surface area contributed by atoms with Gasteiger partial charge in [0.2, 0.25) is 0 Å². The first-order valence-corrected chi connectivity index (χ1v) is 3.74. The van der Waals surface area contributed by atoms with Gasteiger partial charge in [0.05, 0.1) is 12.3 Å². The number of furan rings is 1. The summed E-state index contributed by atoms with van der Waals surface area (Å²) in [6.45, 7) is 3.63. The fourth-order valence-electron chi connectivity index (χ4n) is 0.942. The van der Waals surface area contributed by atoms with Crippen molar-refractivity contribution in [1.82, 2.24) is 0 Å². The summed E-state index contributed by atoms with van der Waals surface area (Å²) in [7, 11) is 0. The Morgan fingerprint density at radius 3 is 3.09 bits per heavy atom. The van der Waals surface area contributed by atoms with Crippen molar-refractivity contribution in [3.05, 3.63) is 36.8 Å². The van der Waals surface area contributed by atoms with E-state index in [0.29, 0.717) is 0 Å². The minimum atomic E-state index is 0.0167. The van der Waals surface area contributed by atoms with Gasteiger partial charge >= 0.3 is 0 Å². The molecule has 0 spiro atoms. The summed E-state index contributed by atoms with van der Waals surface area (Å²) < 4.78 is 5.13. The van der Waals surface area contributed by atoms with E-state index in [1.54, 1.807) is 6.26 Å². The molecule has 2 N–H and O–H groups in total. The molecule has 1 heterocycles. The second-order valence-electron chi connectivity index (χ2n) is 2.49. The second-order valence-corrected chi connectivity index (χ2v) is 2.49. The average molecular weight is 151 g/mol. The van der Waals surface area contributed by atoms with Crippen LogP contribution in [0.5, 0.6) is 0 Å². The fraction of sp³-hybridized carbons (Fsp3) is 0.333. The van der Waals surface area contributed by atoms with Crippen molar-refractivity contribution in [1.29, 1.82) is 0 Å². The molecule has 0 saturated carbocycles. The molecular weight excluding hydrogens is 138 g/mol. The highest BCUT2D eigenvalue weighted by Crippen LogP contribution is 2.15. The summed E-state index contributed by atoms with van der Waals surface area (Å²) in [6, 6.07) is 3.76. The maximum atomic E-state index is 5.78. The molecule has 0 aromatic carbocycles. The van der Waals surface area contributed by atoms with Gasteiger partial charge in [-0.05, 0) is 25.0 Å². The van der Waals surface area contributed by atoms with Crippen molar-refractivity contribution < 1.29 is 4.42 Å². The van der Waals surface area contributed by atoms with Gasteiger partial charge in [-0.3, -0.25) is 0 Å². The molecule has 60 valence electrons. The van der Waals surface area contributed by atoms with Crippen molar-refractivity contribution in [2.24, 2.45) is 5.73 Å². The predicted molar refractivity (Wildman–Crippen MR) is 45.1 cm³/mol. The fourth-order valence-corrected chi connectivity index (χ4v) is 0.942. The van der Waals surface area contributed by atoms with E-state index in [-0.39, 0.29) is 6.04 Å². The monoisotopic (exact) mass is 151 g/mol. The van der Waals surface area contributed by atoms with Crippen LogP contribution in [0.15, 0.2) is 35.5 Å². The van der Waals surface area contributed by atoms with E-state index in [0.717, 1.165) is 18.6 Å². The quantitative estimate of drug-likeness (QED) is 0.670. The second kappa shape index (κ2) is 3.98. The number of nitrogens with two attached hydrogens (primary N) is 1. The molecule has 1 unspecified atom stereocenters. The van der Waals surface area contributed by atoms with Gasteiger partial charge in [-0.2, -0.15) is 0 Å². The van der Waals surface area contributed by atoms with Crippen LogP contribution in [0.2, 0.25) is 0 Å². The van der Waals surface area contributed by atoms with Crippen molar-refractivity contribution in [2.45, 2.75) is 18.9 Å². The molecule has 2 nitrogen and oxygen atoms in total. The minimum Gasteiger partial charge on any atom is -0.468 e. The van der Waals surface area contributed by atoms with Crippen molar-refractivity contribution in [3.63, 3.8) is 0 Å². The summed E-state index contributed by atoms with van der Waals surface area (Å²) in [5.74, 6) is 0.854. The third kappa shape index (κ3) is 2.24. The Kier molecular flexibility index (Phi) is 2.93. The van der Waals surface area contributed by atoms with E-state index in [2.05, 4.69) is 6.58 Å². The van der Waals surface area contributed by atoms with Crippen LogP contribution in [0.4, 0.5) is 0 Å². The lowest BCUT2D eigenvalue weighted by molar-refractivity contribution is 0.454. The first-order valence-electron chi connectivity index (χ1n) is 3.74. The molecule has 2 heteroatoms. The molecule has 0 aliphatic rings. The van der Waals surface area contributed by atoms with Crippen LogP contribution in [0.3, 0.4) is 0 Å². The van der Waals surface area contributed by atoms with E-state index in [9.17, 15) is 0 Å². The van der Waals surface area contributed by atoms with Gasteiger partial charge < -0.3 is 10.2 Å². The van der Waals surface area contributed by atoms with Crippen molar-refractivity contribution in [3.8, 4) is 0 Å². The van der Waals surface area contributed by atoms with E-state index in [4.69, 9.17) is 10.2 Å². The standard InChI is InChI=1S/C9H13NO/c1-2-3-5-8(10)9-6-4-7-11-9/h2,4,6-8H,1,3,5,10H2. The highest BCUT2D eigenvalue weighted by Gasteiger charge is 2.05. The van der Waals surface area contributed by atoms with Gasteiger partial charge in [0.1, 0.15) is 5.76 Å². The lowest BCUT2D eigenvalue weighted by Crippen LogP contribution is -2.08. The van der Waals surface area contributed by atoms with E-state index in [1.165, 1.54) is 0 Å². The molecule has 1 aromatic rings. The zero-order chi connectivity index (χ0) is 8.10. The summed E-state index contributed by atoms with van der Waals surface area (Å²) in [5.41, 5.74) is 5.78. The Labute approximate surface area is 66.7 Å². The van der Waals surface area contributed by atoms with Gasteiger partial charge in [-0.15, -0.1) is 6.58 Å². The Morgan fingerprint density at radius 1 is 1.73 bits per heavy atom. The molecule has 0 radical (unpaired) electrons. The highest BCUT2D eigenvalue weighted by molar-refractivity contribution is 5.03. The lowest BCUT2D eigenvalue weighted by atomic mass is 10.1. The molecule has 0 fully saturated rings. The lowest BCUT2D eigenvalue weighted by Gasteiger charge is -2.05. The molecule has 0 aliphatic carbocycles. The van der Waals surface area contributed by atoms with Gasteiger partial charge in [-0.25, -0.2) is 0 Å². The van der Waals surface area contributed by atoms with E-state index in [1.807, 2.05) is 18.2 Å². The molecule has 11 heavy (non-hydrogen) atoms. The number of allylic oxidation sites excluding steroid dienone is 1. The van der Waals surface area contributed by atoms with Crippen LogP contribution >= 0.6 is 0 Å². The smallest absolute Gasteiger partial charge is 0.120 e. The number of hydrogen-bond donors (Lipinski definition) is 1. The van der Waals surface area contributed by atoms with Gasteiger partial charge in [-0.1, -0.05) is 6.08 Å². The zero-order valence-corrected chi connectivity index (χ0v) is 6.49. The topological polar surface area (TPSA) is 39.2 Å². The molecule has 0 aliphatic heterocycles. The normalized spacial score (nSPS) is 12.8. The Morgan fingerprint density at radius 2 is 2.55 bits per heavy atom. The Hall–Kier alpha value is -1.02. The number of hydrogen-bond acceptors (Lipinski definition) is 2. The maximum absolute atomic E-state index is 5.78. The van der Waals surface area contributed by atoms with Crippen LogP contribution in [0.1, 0.15) is 24.6 Å². The van der Waals surface area contributed by atoms with Gasteiger partial charge in [0.25, 0.3) is 0 Å². The molecule has 0 amide bonds. The average Bonchev–Trinajstić information content (AvgIpc) is 2.52. The minimum absolute atomic E-state index is 0.0167. The summed E-state index contributed by atoms with van der Waals surface area (Å²) in [6.07, 6.45) is 5.34. The molecule has 1 rings (SSSR count). The largest absolute Gasteiger partial charge is 0.468 e. The van der Waals surface area contributed by atoms with E-state index >= 15 is 0 Å². The first-order chi connectivity index (χ1) is 5.34. The van der Waals surface area contributed by atoms with Crippen LogP contribution in [-0.2, 0) is 0 Å². The van der Waals surface area contributed by atoms with Crippen LogP contribution in [0.25, 0.3) is 0 Å². The first kappa shape index (κ1) is 8.08. The molecule has 1 atom stereocenters. The summed E-state index contributed by atoms with van der Waals surface area (Å²) >= 11 is 0. The molecule has 0 bridgehead atoms. The SMILES string of the molecule is C=CCCC(N)c1ccco1. The van der Waals surface area contributed by atoms with Crippen LogP contribution < -0.4 is 5.73 Å². The van der Waals surface area contributed by atoms with E-state index < -0.39 is 0 Å². The van der Waals surface area contributed by atoms with Crippen molar-refractivity contribution >= 4 is 0 Å².